The molecule has 0 atom stereocenters. The topological polar surface area (TPSA) is 79.3 Å². The maximum Gasteiger partial charge on any atom is 0.231 e. The Balaban J connectivity index is 2.40. The molecule has 0 aliphatic carbocycles. The standard InChI is InChI=1S/C16H23N3O2/c1-13(2)11-19(12-16(18)20)8-5-9-21-15-7-4-3-6-14(15)10-17/h3-4,6-7,13H,5,8-9,11-12H2,1-2H3,(H2,18,20). The Bertz CT molecular complexity index is 495. The van der Waals surface area contributed by atoms with Gasteiger partial charge in [0, 0.05) is 13.1 Å². The summed E-state index contributed by atoms with van der Waals surface area (Å²) < 4.78 is 5.62. The van der Waals surface area contributed by atoms with Gasteiger partial charge in [0.25, 0.3) is 0 Å². The quantitative estimate of drug-likeness (QED) is 0.703. The van der Waals surface area contributed by atoms with E-state index >= 15 is 0 Å². The lowest BCUT2D eigenvalue weighted by atomic mass is 10.2. The molecule has 0 aliphatic rings. The number of nitrogens with zero attached hydrogens (tertiary/aromatic N) is 2. The van der Waals surface area contributed by atoms with Crippen LogP contribution in [0.1, 0.15) is 25.8 Å². The van der Waals surface area contributed by atoms with Gasteiger partial charge in [-0.1, -0.05) is 26.0 Å². The second-order valence-corrected chi connectivity index (χ2v) is 5.41. The number of rotatable bonds is 9. The third-order valence-corrected chi connectivity index (χ3v) is 2.89. The molecule has 0 saturated carbocycles. The van der Waals surface area contributed by atoms with Gasteiger partial charge in [0.2, 0.25) is 5.91 Å². The Kier molecular flexibility index (Phi) is 7.27. The molecule has 0 fully saturated rings. The number of nitrogens with two attached hydrogens (primary N) is 1. The normalized spacial score (nSPS) is 10.6. The first-order valence-electron chi connectivity index (χ1n) is 7.15. The third-order valence-electron chi connectivity index (χ3n) is 2.89. The first kappa shape index (κ1) is 17.0. The van der Waals surface area contributed by atoms with Crippen LogP contribution in [0.15, 0.2) is 24.3 Å². The van der Waals surface area contributed by atoms with Crippen molar-refractivity contribution in [1.29, 1.82) is 5.26 Å². The molecule has 0 aliphatic heterocycles. The van der Waals surface area contributed by atoms with Crippen LogP contribution in [-0.2, 0) is 4.79 Å². The monoisotopic (exact) mass is 289 g/mol. The van der Waals surface area contributed by atoms with Crippen molar-refractivity contribution in [2.75, 3.05) is 26.2 Å². The number of hydrogen-bond acceptors (Lipinski definition) is 4. The molecule has 0 aromatic heterocycles. The number of carbonyl (C=O) groups is 1. The summed E-state index contributed by atoms with van der Waals surface area (Å²) in [5, 5.41) is 8.97. The zero-order chi connectivity index (χ0) is 15.7. The van der Waals surface area contributed by atoms with Gasteiger partial charge in [0.1, 0.15) is 11.8 Å². The van der Waals surface area contributed by atoms with Crippen molar-refractivity contribution in [2.24, 2.45) is 11.7 Å². The average Bonchev–Trinajstić information content (AvgIpc) is 2.42. The molecular formula is C16H23N3O2. The lowest BCUT2D eigenvalue weighted by Crippen LogP contribution is -2.37. The van der Waals surface area contributed by atoms with Gasteiger partial charge in [0.15, 0.2) is 0 Å². The van der Waals surface area contributed by atoms with Crippen molar-refractivity contribution in [1.82, 2.24) is 4.90 Å². The highest BCUT2D eigenvalue weighted by atomic mass is 16.5. The summed E-state index contributed by atoms with van der Waals surface area (Å²) in [5.41, 5.74) is 5.79. The van der Waals surface area contributed by atoms with E-state index in [0.717, 1.165) is 19.5 Å². The summed E-state index contributed by atoms with van der Waals surface area (Å²) in [4.78, 5) is 13.1. The minimum Gasteiger partial charge on any atom is -0.492 e. The van der Waals surface area contributed by atoms with E-state index in [9.17, 15) is 4.79 Å². The second kappa shape index (κ2) is 8.98. The predicted octanol–water partition coefficient (Wildman–Crippen LogP) is 1.77. The molecule has 1 amide bonds. The fraction of sp³-hybridized carbons (Fsp3) is 0.500. The van der Waals surface area contributed by atoms with Crippen LogP contribution in [0.25, 0.3) is 0 Å². The summed E-state index contributed by atoms with van der Waals surface area (Å²) in [7, 11) is 0. The molecule has 0 radical (unpaired) electrons. The van der Waals surface area contributed by atoms with Crippen molar-refractivity contribution in [3.05, 3.63) is 29.8 Å². The zero-order valence-corrected chi connectivity index (χ0v) is 12.7. The van der Waals surface area contributed by atoms with Crippen molar-refractivity contribution < 1.29 is 9.53 Å². The van der Waals surface area contributed by atoms with Gasteiger partial charge >= 0.3 is 0 Å². The third kappa shape index (κ3) is 6.77. The molecule has 1 aromatic carbocycles. The van der Waals surface area contributed by atoms with Gasteiger partial charge < -0.3 is 10.5 Å². The summed E-state index contributed by atoms with van der Waals surface area (Å²) in [6, 6.07) is 9.27. The Labute approximate surface area is 126 Å². The number of carbonyl (C=O) groups excluding carboxylic acids is 1. The molecule has 1 aromatic rings. The number of benzene rings is 1. The summed E-state index contributed by atoms with van der Waals surface area (Å²) in [6.07, 6.45) is 0.778. The van der Waals surface area contributed by atoms with Crippen LogP contribution in [0.5, 0.6) is 5.75 Å². The maximum atomic E-state index is 11.0. The molecule has 114 valence electrons. The molecule has 0 saturated heterocycles. The van der Waals surface area contributed by atoms with Gasteiger partial charge in [-0.2, -0.15) is 5.26 Å². The van der Waals surface area contributed by atoms with E-state index in [0.29, 0.717) is 23.8 Å². The molecular weight excluding hydrogens is 266 g/mol. The minimum absolute atomic E-state index is 0.271. The minimum atomic E-state index is -0.314. The van der Waals surface area contributed by atoms with Gasteiger partial charge in [-0.15, -0.1) is 0 Å². The first-order chi connectivity index (χ1) is 10.0. The van der Waals surface area contributed by atoms with Gasteiger partial charge in [-0.05, 0) is 24.5 Å². The van der Waals surface area contributed by atoms with Gasteiger partial charge in [-0.3, -0.25) is 9.69 Å². The smallest absolute Gasteiger partial charge is 0.231 e. The highest BCUT2D eigenvalue weighted by Crippen LogP contribution is 2.16. The van der Waals surface area contributed by atoms with Crippen molar-refractivity contribution in [3.63, 3.8) is 0 Å². The molecule has 0 spiro atoms. The molecule has 1 rings (SSSR count). The summed E-state index contributed by atoms with van der Waals surface area (Å²) >= 11 is 0. The average molecular weight is 289 g/mol. The van der Waals surface area contributed by atoms with Crippen LogP contribution >= 0.6 is 0 Å². The first-order valence-corrected chi connectivity index (χ1v) is 7.15. The number of amides is 1. The maximum absolute atomic E-state index is 11.0. The molecule has 5 heteroatoms. The fourth-order valence-corrected chi connectivity index (χ4v) is 2.13. The van der Waals surface area contributed by atoms with Crippen LogP contribution in [0.3, 0.4) is 0 Å². The lowest BCUT2D eigenvalue weighted by Gasteiger charge is -2.22. The highest BCUT2D eigenvalue weighted by molar-refractivity contribution is 5.75. The van der Waals surface area contributed by atoms with Gasteiger partial charge in [-0.25, -0.2) is 0 Å². The molecule has 0 heterocycles. The Morgan fingerprint density at radius 2 is 2.14 bits per heavy atom. The number of para-hydroxylation sites is 1. The van der Waals surface area contributed by atoms with Crippen molar-refractivity contribution in [2.45, 2.75) is 20.3 Å². The van der Waals surface area contributed by atoms with Crippen LogP contribution < -0.4 is 10.5 Å². The second-order valence-electron chi connectivity index (χ2n) is 5.41. The molecule has 2 N–H and O–H groups in total. The van der Waals surface area contributed by atoms with E-state index in [-0.39, 0.29) is 12.5 Å². The van der Waals surface area contributed by atoms with E-state index in [2.05, 4.69) is 19.9 Å². The fourth-order valence-electron chi connectivity index (χ4n) is 2.13. The van der Waals surface area contributed by atoms with E-state index in [1.165, 1.54) is 0 Å². The van der Waals surface area contributed by atoms with Crippen LogP contribution in [0.4, 0.5) is 0 Å². The zero-order valence-electron chi connectivity index (χ0n) is 12.7. The SMILES string of the molecule is CC(C)CN(CCCOc1ccccc1C#N)CC(N)=O. The van der Waals surface area contributed by atoms with E-state index in [4.69, 9.17) is 15.7 Å². The molecule has 21 heavy (non-hydrogen) atoms. The summed E-state index contributed by atoms with van der Waals surface area (Å²) in [6.45, 7) is 6.56. The van der Waals surface area contributed by atoms with E-state index < -0.39 is 0 Å². The number of nitriles is 1. The number of hydrogen-bond donors (Lipinski definition) is 1. The molecule has 5 nitrogen and oxygen atoms in total. The van der Waals surface area contributed by atoms with Gasteiger partial charge in [0.05, 0.1) is 18.7 Å². The Hall–Kier alpha value is -2.06. The lowest BCUT2D eigenvalue weighted by molar-refractivity contribution is -0.119. The number of ether oxygens (including phenoxy) is 1. The predicted molar refractivity (Wildman–Crippen MR) is 81.7 cm³/mol. The summed E-state index contributed by atoms with van der Waals surface area (Å²) in [5.74, 6) is 0.765. The van der Waals surface area contributed by atoms with Crippen LogP contribution in [-0.4, -0.2) is 37.0 Å². The highest BCUT2D eigenvalue weighted by Gasteiger charge is 2.10. The Morgan fingerprint density at radius 3 is 2.76 bits per heavy atom. The van der Waals surface area contributed by atoms with E-state index in [1.54, 1.807) is 12.1 Å². The Morgan fingerprint density at radius 1 is 1.43 bits per heavy atom. The van der Waals surface area contributed by atoms with Crippen LogP contribution in [0, 0.1) is 17.2 Å². The van der Waals surface area contributed by atoms with E-state index in [1.807, 2.05) is 17.0 Å². The largest absolute Gasteiger partial charge is 0.492 e. The van der Waals surface area contributed by atoms with Crippen LogP contribution in [0.2, 0.25) is 0 Å². The molecule has 0 unspecified atom stereocenters. The van der Waals surface area contributed by atoms with Crippen molar-refractivity contribution >= 4 is 5.91 Å². The number of primary amides is 1. The molecule has 0 bridgehead atoms. The van der Waals surface area contributed by atoms with Crippen molar-refractivity contribution in [3.8, 4) is 11.8 Å².